The molecule has 0 aliphatic carbocycles. The standard InChI is InChI=1S/C19H17Br.CH3B/c1-3-5-9-15(4-2)18-13-12-17(14-19(18)20)16-10-7-6-8-11-16;1-2/h3-14H,2H2,1H3;1H3/b5-3-,15-9+;. The van der Waals surface area contributed by atoms with Crippen LogP contribution in [0.3, 0.4) is 0 Å². The maximum atomic E-state index is 4.50. The van der Waals surface area contributed by atoms with Crippen LogP contribution in [0, 0.1) is 0 Å². The normalized spacial score (nSPS) is 11.0. The first kappa shape index (κ1) is 18.3. The molecule has 0 aliphatic heterocycles. The summed E-state index contributed by atoms with van der Waals surface area (Å²) in [5, 5.41) is 0. The van der Waals surface area contributed by atoms with E-state index in [4.69, 9.17) is 0 Å². The molecule has 0 heterocycles. The van der Waals surface area contributed by atoms with Crippen LogP contribution in [0.2, 0.25) is 6.82 Å². The first-order chi connectivity index (χ1) is 10.8. The summed E-state index contributed by atoms with van der Waals surface area (Å²) >= 11 is 3.67. The molecule has 0 unspecified atom stereocenters. The molecule has 2 rings (SSSR count). The van der Waals surface area contributed by atoms with E-state index < -0.39 is 0 Å². The van der Waals surface area contributed by atoms with Crippen molar-refractivity contribution in [3.8, 4) is 11.1 Å². The molecule has 0 nitrogen and oxygen atoms in total. The predicted molar refractivity (Wildman–Crippen MR) is 104 cm³/mol. The lowest BCUT2D eigenvalue weighted by molar-refractivity contribution is 1.54. The summed E-state index contributed by atoms with van der Waals surface area (Å²) in [5.74, 6) is 0. The monoisotopic (exact) mass is 350 g/mol. The van der Waals surface area contributed by atoms with Gasteiger partial charge in [-0.1, -0.05) is 96.1 Å². The van der Waals surface area contributed by atoms with Gasteiger partial charge < -0.3 is 0 Å². The smallest absolute Gasteiger partial charge is 0.0606 e. The Kier molecular flexibility index (Phi) is 8.31. The summed E-state index contributed by atoms with van der Waals surface area (Å²) in [4.78, 5) is 0. The molecule has 0 atom stereocenters. The van der Waals surface area contributed by atoms with Gasteiger partial charge in [0.15, 0.2) is 0 Å². The zero-order valence-electron chi connectivity index (χ0n) is 13.1. The van der Waals surface area contributed by atoms with Gasteiger partial charge in [-0.15, -0.1) is 0 Å². The van der Waals surface area contributed by atoms with Crippen molar-refractivity contribution in [1.82, 2.24) is 0 Å². The number of hydrogen-bond acceptors (Lipinski definition) is 0. The van der Waals surface area contributed by atoms with Gasteiger partial charge in [-0.2, -0.15) is 0 Å². The van der Waals surface area contributed by atoms with Crippen LogP contribution in [0.25, 0.3) is 16.7 Å². The van der Waals surface area contributed by atoms with Gasteiger partial charge >= 0.3 is 0 Å². The van der Waals surface area contributed by atoms with Gasteiger partial charge in [-0.3, -0.25) is 0 Å². The first-order valence-electron chi connectivity index (χ1n) is 7.14. The van der Waals surface area contributed by atoms with Crippen LogP contribution >= 0.6 is 15.9 Å². The molecule has 0 aliphatic rings. The fraction of sp³-hybridized carbons (Fsp3) is 0.100. The summed E-state index contributed by atoms with van der Waals surface area (Å²) in [6, 6.07) is 16.8. The summed E-state index contributed by atoms with van der Waals surface area (Å²) in [6.07, 6.45) is 7.97. The highest BCUT2D eigenvalue weighted by Crippen LogP contribution is 2.30. The van der Waals surface area contributed by atoms with E-state index in [1.165, 1.54) is 17.9 Å². The molecule has 0 N–H and O–H groups in total. The van der Waals surface area contributed by atoms with Gasteiger partial charge in [-0.25, -0.2) is 0 Å². The first-order valence-corrected chi connectivity index (χ1v) is 7.94. The van der Waals surface area contributed by atoms with Crippen molar-refractivity contribution in [2.75, 3.05) is 0 Å². The van der Waals surface area contributed by atoms with Crippen molar-refractivity contribution in [3.05, 3.63) is 89.5 Å². The minimum Gasteiger partial charge on any atom is -0.0999 e. The third kappa shape index (κ3) is 4.89. The number of allylic oxidation sites excluding steroid dienone is 5. The molecule has 2 aromatic carbocycles. The van der Waals surface area contributed by atoms with E-state index in [2.05, 4.69) is 78.9 Å². The van der Waals surface area contributed by atoms with Crippen LogP contribution in [0.5, 0.6) is 0 Å². The van der Waals surface area contributed by atoms with Gasteiger partial charge in [0.25, 0.3) is 0 Å². The SMILES string of the molecule is C=C/C(=C\C=C/C)c1ccc(-c2ccccc2)cc1Br.[B]C. The minimum atomic E-state index is 1.08. The second-order valence-electron chi connectivity index (χ2n) is 4.41. The number of benzene rings is 2. The number of rotatable bonds is 4. The zero-order valence-corrected chi connectivity index (χ0v) is 14.7. The molecule has 0 amide bonds. The lowest BCUT2D eigenvalue weighted by Crippen LogP contribution is -1.85. The van der Waals surface area contributed by atoms with Crippen molar-refractivity contribution < 1.29 is 0 Å². The van der Waals surface area contributed by atoms with Crippen LogP contribution in [0.4, 0.5) is 0 Å². The van der Waals surface area contributed by atoms with E-state index in [0.29, 0.717) is 0 Å². The van der Waals surface area contributed by atoms with Crippen LogP contribution in [0.1, 0.15) is 12.5 Å². The minimum absolute atomic E-state index is 1.08. The van der Waals surface area contributed by atoms with E-state index in [1.54, 1.807) is 0 Å². The Labute approximate surface area is 143 Å². The van der Waals surface area contributed by atoms with Crippen LogP contribution in [-0.2, 0) is 0 Å². The molecule has 0 bridgehead atoms. The molecule has 0 spiro atoms. The third-order valence-corrected chi connectivity index (χ3v) is 3.73. The van der Waals surface area contributed by atoms with Crippen LogP contribution in [-0.4, -0.2) is 7.85 Å². The van der Waals surface area contributed by atoms with Crippen molar-refractivity contribution in [3.63, 3.8) is 0 Å². The fourth-order valence-corrected chi connectivity index (χ4v) is 2.63. The zero-order chi connectivity index (χ0) is 16.4. The molecule has 0 saturated carbocycles. The second kappa shape index (κ2) is 10.0. The topological polar surface area (TPSA) is 0 Å². The predicted octanol–water partition coefficient (Wildman–Crippen LogP) is 6.46. The molecule has 110 valence electrons. The van der Waals surface area contributed by atoms with E-state index in [9.17, 15) is 0 Å². The Morgan fingerprint density at radius 1 is 1.05 bits per heavy atom. The summed E-state index contributed by atoms with van der Waals surface area (Å²) in [7, 11) is 4.50. The lowest BCUT2D eigenvalue weighted by Gasteiger charge is -2.08. The Morgan fingerprint density at radius 2 is 1.73 bits per heavy atom. The average molecular weight is 351 g/mol. The maximum Gasteiger partial charge on any atom is 0.0606 e. The molecule has 22 heavy (non-hydrogen) atoms. The second-order valence-corrected chi connectivity index (χ2v) is 5.27. The van der Waals surface area contributed by atoms with Crippen LogP contribution < -0.4 is 0 Å². The molecule has 0 fully saturated rings. The molecule has 0 saturated heterocycles. The largest absolute Gasteiger partial charge is 0.0999 e. The molecule has 2 aromatic rings. The Morgan fingerprint density at radius 3 is 2.27 bits per heavy atom. The Balaban J connectivity index is 0.00000116. The van der Waals surface area contributed by atoms with E-state index in [-0.39, 0.29) is 0 Å². The van der Waals surface area contributed by atoms with Gasteiger partial charge in [0, 0.05) is 4.47 Å². The Bertz CT molecular complexity index is 655. The summed E-state index contributed by atoms with van der Waals surface area (Å²) in [6.45, 7) is 7.39. The lowest BCUT2D eigenvalue weighted by atomic mass is 10.00. The highest BCUT2D eigenvalue weighted by atomic mass is 79.9. The van der Waals surface area contributed by atoms with E-state index in [1.807, 2.05) is 31.2 Å². The average Bonchev–Trinajstić information content (AvgIpc) is 2.59. The molecular formula is C20H20BBr. The molecule has 2 heteroatoms. The summed E-state index contributed by atoms with van der Waals surface area (Å²) in [5.41, 5.74) is 4.68. The van der Waals surface area contributed by atoms with Crippen LogP contribution in [0.15, 0.2) is 83.9 Å². The van der Waals surface area contributed by atoms with Crippen molar-refractivity contribution in [2.45, 2.75) is 13.7 Å². The van der Waals surface area contributed by atoms with Crippen molar-refractivity contribution in [1.29, 1.82) is 0 Å². The van der Waals surface area contributed by atoms with E-state index >= 15 is 0 Å². The molecule has 0 aromatic heterocycles. The van der Waals surface area contributed by atoms with Gasteiger partial charge in [0.05, 0.1) is 7.85 Å². The number of hydrogen-bond donors (Lipinski definition) is 0. The highest BCUT2D eigenvalue weighted by molar-refractivity contribution is 9.10. The molecular weight excluding hydrogens is 331 g/mol. The third-order valence-electron chi connectivity index (χ3n) is 3.08. The van der Waals surface area contributed by atoms with E-state index in [0.717, 1.165) is 15.6 Å². The molecule has 2 radical (unpaired) electrons. The van der Waals surface area contributed by atoms with Gasteiger partial charge in [0.2, 0.25) is 0 Å². The maximum absolute atomic E-state index is 4.50. The quantitative estimate of drug-likeness (QED) is 0.438. The number of halogens is 1. The van der Waals surface area contributed by atoms with Crippen molar-refractivity contribution in [2.24, 2.45) is 0 Å². The highest BCUT2D eigenvalue weighted by Gasteiger charge is 2.05. The van der Waals surface area contributed by atoms with Crippen molar-refractivity contribution >= 4 is 29.3 Å². The van der Waals surface area contributed by atoms with Gasteiger partial charge in [0.1, 0.15) is 0 Å². The summed E-state index contributed by atoms with van der Waals surface area (Å²) < 4.78 is 1.08. The fourth-order valence-electron chi connectivity index (χ4n) is 2.03. The van der Waals surface area contributed by atoms with Gasteiger partial charge in [-0.05, 0) is 35.3 Å². The Hall–Kier alpha value is -1.80.